The Hall–Kier alpha value is -1.56. The van der Waals surface area contributed by atoms with Gasteiger partial charge in [0.1, 0.15) is 11.8 Å². The van der Waals surface area contributed by atoms with Gasteiger partial charge >= 0.3 is 6.03 Å². The summed E-state index contributed by atoms with van der Waals surface area (Å²) >= 11 is 3.46. The highest BCUT2D eigenvalue weighted by molar-refractivity contribution is 9.10. The summed E-state index contributed by atoms with van der Waals surface area (Å²) in [6.45, 7) is 2.42. The molecule has 6 heteroatoms. The summed E-state index contributed by atoms with van der Waals surface area (Å²) in [6, 6.07) is 4.90. The Labute approximate surface area is 132 Å². The van der Waals surface area contributed by atoms with Crippen molar-refractivity contribution in [3.8, 4) is 5.75 Å². The number of imide groups is 1. The van der Waals surface area contributed by atoms with Crippen molar-refractivity contribution in [3.63, 3.8) is 0 Å². The predicted molar refractivity (Wildman–Crippen MR) is 81.1 cm³/mol. The van der Waals surface area contributed by atoms with Crippen LogP contribution in [0.1, 0.15) is 31.4 Å². The maximum Gasteiger partial charge on any atom is 0.327 e. The fraction of sp³-hybridized carbons (Fsp3) is 0.467. The number of para-hydroxylation sites is 1. The van der Waals surface area contributed by atoms with E-state index < -0.39 is 0 Å². The zero-order valence-electron chi connectivity index (χ0n) is 12.0. The summed E-state index contributed by atoms with van der Waals surface area (Å²) in [4.78, 5) is 28.0. The van der Waals surface area contributed by atoms with E-state index in [0.29, 0.717) is 19.4 Å². The highest BCUT2D eigenvalue weighted by Gasteiger charge is 2.47. The molecule has 21 heavy (non-hydrogen) atoms. The number of amides is 3. The lowest BCUT2D eigenvalue weighted by Gasteiger charge is -2.31. The number of hydrogen-bond acceptors (Lipinski definition) is 3. The summed E-state index contributed by atoms with van der Waals surface area (Å²) in [7, 11) is 1.69. The zero-order valence-corrected chi connectivity index (χ0v) is 13.6. The molecule has 0 aromatic heterocycles. The van der Waals surface area contributed by atoms with E-state index in [1.807, 2.05) is 25.1 Å². The second kappa shape index (κ2) is 5.33. The third-order valence-corrected chi connectivity index (χ3v) is 4.81. The van der Waals surface area contributed by atoms with Gasteiger partial charge in [0.15, 0.2) is 0 Å². The van der Waals surface area contributed by atoms with Gasteiger partial charge in [-0.05, 0) is 28.4 Å². The van der Waals surface area contributed by atoms with Crippen molar-refractivity contribution in [2.75, 3.05) is 13.7 Å². The van der Waals surface area contributed by atoms with Crippen LogP contribution in [0.3, 0.4) is 0 Å². The molecular formula is C15H17BrN2O3. The highest BCUT2D eigenvalue weighted by atomic mass is 79.9. The SMILES string of the molecule is CC[C@@H]1C(=O)N([C@@H]2CCOc3c(Br)cccc32)C(=O)N1C. The number of carbonyl (C=O) groups is 2. The topological polar surface area (TPSA) is 49.9 Å². The first-order valence-electron chi connectivity index (χ1n) is 7.07. The van der Waals surface area contributed by atoms with Crippen molar-refractivity contribution in [1.82, 2.24) is 9.80 Å². The normalized spacial score (nSPS) is 25.1. The van der Waals surface area contributed by atoms with Crippen LogP contribution in [-0.2, 0) is 4.79 Å². The standard InChI is InChI=1S/C15H17BrN2O3/c1-3-11-14(19)18(15(20)17(11)2)12-7-8-21-13-9(12)5-4-6-10(13)16/h4-6,11-12H,3,7-8H2,1-2H3/t11-,12-/m1/s1. The lowest BCUT2D eigenvalue weighted by molar-refractivity contribution is -0.130. The zero-order chi connectivity index (χ0) is 15.1. The Balaban J connectivity index is 2.01. The second-order valence-corrected chi connectivity index (χ2v) is 6.19. The van der Waals surface area contributed by atoms with Gasteiger partial charge in [-0.1, -0.05) is 19.1 Å². The Morgan fingerprint density at radius 2 is 2.14 bits per heavy atom. The van der Waals surface area contributed by atoms with Gasteiger partial charge in [-0.2, -0.15) is 0 Å². The van der Waals surface area contributed by atoms with Crippen molar-refractivity contribution in [1.29, 1.82) is 0 Å². The van der Waals surface area contributed by atoms with E-state index in [2.05, 4.69) is 15.9 Å². The van der Waals surface area contributed by atoms with Gasteiger partial charge < -0.3 is 9.64 Å². The summed E-state index contributed by atoms with van der Waals surface area (Å²) in [5.74, 6) is 0.625. The van der Waals surface area contributed by atoms with Crippen molar-refractivity contribution in [2.24, 2.45) is 0 Å². The van der Waals surface area contributed by atoms with Gasteiger partial charge in [-0.25, -0.2) is 4.79 Å². The Morgan fingerprint density at radius 3 is 2.81 bits per heavy atom. The van der Waals surface area contributed by atoms with Crippen LogP contribution >= 0.6 is 15.9 Å². The van der Waals surface area contributed by atoms with Crippen LogP contribution in [0.5, 0.6) is 5.75 Å². The Kier molecular flexibility index (Phi) is 3.65. The summed E-state index contributed by atoms with van der Waals surface area (Å²) in [6.07, 6.45) is 1.26. The molecule has 0 bridgehead atoms. The maximum atomic E-state index is 12.6. The highest BCUT2D eigenvalue weighted by Crippen LogP contribution is 2.42. The van der Waals surface area contributed by atoms with E-state index in [9.17, 15) is 9.59 Å². The van der Waals surface area contributed by atoms with Crippen LogP contribution in [0.15, 0.2) is 22.7 Å². The van der Waals surface area contributed by atoms with Crippen LogP contribution in [0.4, 0.5) is 4.79 Å². The van der Waals surface area contributed by atoms with Crippen LogP contribution in [-0.4, -0.2) is 41.4 Å². The predicted octanol–water partition coefficient (Wildman–Crippen LogP) is 2.95. The van der Waals surface area contributed by atoms with Crippen LogP contribution < -0.4 is 4.74 Å². The minimum atomic E-state index is -0.351. The average molecular weight is 353 g/mol. The van der Waals surface area contributed by atoms with Crippen molar-refractivity contribution < 1.29 is 14.3 Å². The van der Waals surface area contributed by atoms with E-state index in [1.54, 1.807) is 7.05 Å². The molecule has 0 saturated carbocycles. The molecule has 1 fully saturated rings. The number of rotatable bonds is 2. The first-order valence-corrected chi connectivity index (χ1v) is 7.86. The molecule has 2 aliphatic heterocycles. The quantitative estimate of drug-likeness (QED) is 0.769. The van der Waals surface area contributed by atoms with Gasteiger partial charge in [0.25, 0.3) is 5.91 Å². The van der Waals surface area contributed by atoms with Crippen molar-refractivity contribution >= 4 is 27.9 Å². The number of benzene rings is 1. The number of carbonyl (C=O) groups excluding carboxylic acids is 2. The van der Waals surface area contributed by atoms with Crippen LogP contribution in [0.25, 0.3) is 0 Å². The number of urea groups is 1. The average Bonchev–Trinajstić information content (AvgIpc) is 2.69. The molecule has 2 heterocycles. The van der Waals surface area contributed by atoms with E-state index >= 15 is 0 Å². The first kappa shape index (κ1) is 14.4. The fourth-order valence-corrected chi connectivity index (χ4v) is 3.59. The smallest absolute Gasteiger partial charge is 0.327 e. The molecule has 3 rings (SSSR count). The molecule has 112 valence electrons. The minimum absolute atomic E-state index is 0.108. The van der Waals surface area contributed by atoms with Gasteiger partial charge in [0.05, 0.1) is 17.1 Å². The number of ether oxygens (including phenoxy) is 1. The molecule has 1 aromatic carbocycles. The molecule has 1 saturated heterocycles. The lowest BCUT2D eigenvalue weighted by Crippen LogP contribution is -2.38. The van der Waals surface area contributed by atoms with E-state index in [0.717, 1.165) is 15.8 Å². The van der Waals surface area contributed by atoms with Crippen LogP contribution in [0.2, 0.25) is 0 Å². The van der Waals surface area contributed by atoms with E-state index in [1.165, 1.54) is 9.80 Å². The monoisotopic (exact) mass is 352 g/mol. The van der Waals surface area contributed by atoms with Gasteiger partial charge in [-0.15, -0.1) is 0 Å². The third-order valence-electron chi connectivity index (χ3n) is 4.19. The molecule has 2 aliphatic rings. The first-order chi connectivity index (χ1) is 10.1. The molecule has 5 nitrogen and oxygen atoms in total. The number of nitrogens with zero attached hydrogens (tertiary/aromatic N) is 2. The molecule has 0 spiro atoms. The maximum absolute atomic E-state index is 12.6. The largest absolute Gasteiger partial charge is 0.492 e. The third kappa shape index (κ3) is 2.12. The molecule has 0 N–H and O–H groups in total. The number of likely N-dealkylation sites (N-methyl/N-ethyl adjacent to an activating group) is 1. The second-order valence-electron chi connectivity index (χ2n) is 5.34. The van der Waals surface area contributed by atoms with E-state index in [4.69, 9.17) is 4.74 Å². The molecule has 0 aliphatic carbocycles. The molecule has 0 unspecified atom stereocenters. The molecule has 0 radical (unpaired) electrons. The fourth-order valence-electron chi connectivity index (χ4n) is 3.10. The molecule has 1 aromatic rings. The Bertz CT molecular complexity index is 605. The van der Waals surface area contributed by atoms with Crippen LogP contribution in [0, 0.1) is 0 Å². The van der Waals surface area contributed by atoms with Crippen molar-refractivity contribution in [2.45, 2.75) is 31.8 Å². The minimum Gasteiger partial charge on any atom is -0.492 e. The van der Waals surface area contributed by atoms with Gasteiger partial charge in [-0.3, -0.25) is 9.69 Å². The number of halogens is 1. The number of hydrogen-bond donors (Lipinski definition) is 0. The summed E-state index contributed by atoms with van der Waals surface area (Å²) < 4.78 is 6.54. The van der Waals surface area contributed by atoms with Gasteiger partial charge in [0.2, 0.25) is 0 Å². The van der Waals surface area contributed by atoms with E-state index in [-0.39, 0.29) is 24.0 Å². The molecular weight excluding hydrogens is 336 g/mol. The Morgan fingerprint density at radius 1 is 1.38 bits per heavy atom. The van der Waals surface area contributed by atoms with Crippen molar-refractivity contribution in [3.05, 3.63) is 28.2 Å². The summed E-state index contributed by atoms with van der Waals surface area (Å²) in [5, 5.41) is 0. The number of fused-ring (bicyclic) bond motifs is 1. The lowest BCUT2D eigenvalue weighted by atomic mass is 9.99. The van der Waals surface area contributed by atoms with Gasteiger partial charge in [0, 0.05) is 19.0 Å². The summed E-state index contributed by atoms with van der Waals surface area (Å²) in [5.41, 5.74) is 0.891. The molecule has 3 amide bonds. The molecule has 2 atom stereocenters.